The van der Waals surface area contributed by atoms with Gasteiger partial charge in [-0.1, -0.05) is 24.9 Å². The molecule has 0 amide bonds. The minimum atomic E-state index is 0.471. The molecule has 0 atom stereocenters. The fraction of sp³-hybridized carbons (Fsp3) is 0.700. The maximum atomic E-state index is 5.62. The SMILES string of the molecule is CC1CCC(c2onc(N)c2Br)CC1. The molecule has 0 aromatic carbocycles. The van der Waals surface area contributed by atoms with Crippen molar-refractivity contribution in [2.75, 3.05) is 5.73 Å². The van der Waals surface area contributed by atoms with Crippen LogP contribution in [0.25, 0.3) is 0 Å². The number of aromatic nitrogens is 1. The van der Waals surface area contributed by atoms with Gasteiger partial charge in [-0.05, 0) is 34.7 Å². The number of hydrogen-bond donors (Lipinski definition) is 1. The molecule has 2 N–H and O–H groups in total. The van der Waals surface area contributed by atoms with Crippen LogP contribution >= 0.6 is 15.9 Å². The van der Waals surface area contributed by atoms with E-state index in [2.05, 4.69) is 28.0 Å². The van der Waals surface area contributed by atoms with Crippen LogP contribution in [0.3, 0.4) is 0 Å². The maximum absolute atomic E-state index is 5.62. The first-order chi connectivity index (χ1) is 6.68. The van der Waals surface area contributed by atoms with Crippen molar-refractivity contribution in [2.45, 2.75) is 38.5 Å². The Balaban J connectivity index is 2.12. The van der Waals surface area contributed by atoms with Crippen molar-refractivity contribution in [3.63, 3.8) is 0 Å². The predicted octanol–water partition coefficient (Wildman–Crippen LogP) is 3.31. The number of nitrogen functional groups attached to an aromatic ring is 1. The second-order valence-electron chi connectivity index (χ2n) is 4.20. The largest absolute Gasteiger partial charge is 0.380 e. The molecule has 0 spiro atoms. The summed E-state index contributed by atoms with van der Waals surface area (Å²) in [6, 6.07) is 0. The Hall–Kier alpha value is -0.510. The van der Waals surface area contributed by atoms with E-state index < -0.39 is 0 Å². The van der Waals surface area contributed by atoms with Crippen molar-refractivity contribution in [3.05, 3.63) is 10.2 Å². The van der Waals surface area contributed by atoms with Gasteiger partial charge in [0.2, 0.25) is 0 Å². The lowest BCUT2D eigenvalue weighted by Gasteiger charge is -2.24. The summed E-state index contributed by atoms with van der Waals surface area (Å²) in [5.74, 6) is 2.77. The summed E-state index contributed by atoms with van der Waals surface area (Å²) >= 11 is 3.42. The van der Waals surface area contributed by atoms with E-state index in [-0.39, 0.29) is 0 Å². The van der Waals surface area contributed by atoms with Crippen LogP contribution in [0.5, 0.6) is 0 Å². The third-order valence-electron chi connectivity index (χ3n) is 3.07. The molecular weight excluding hydrogens is 244 g/mol. The summed E-state index contributed by atoms with van der Waals surface area (Å²) in [5, 5.41) is 3.77. The molecule has 1 aliphatic rings. The Morgan fingerprint density at radius 2 is 2.00 bits per heavy atom. The quantitative estimate of drug-likeness (QED) is 0.841. The summed E-state index contributed by atoms with van der Waals surface area (Å²) in [4.78, 5) is 0. The van der Waals surface area contributed by atoms with Crippen LogP contribution in [0.15, 0.2) is 9.00 Å². The summed E-state index contributed by atoms with van der Waals surface area (Å²) < 4.78 is 6.11. The lowest BCUT2D eigenvalue weighted by molar-refractivity contribution is 0.287. The van der Waals surface area contributed by atoms with E-state index in [9.17, 15) is 0 Å². The zero-order chi connectivity index (χ0) is 10.1. The highest BCUT2D eigenvalue weighted by molar-refractivity contribution is 9.10. The van der Waals surface area contributed by atoms with Gasteiger partial charge < -0.3 is 10.3 Å². The van der Waals surface area contributed by atoms with Crippen molar-refractivity contribution in [1.29, 1.82) is 0 Å². The molecule has 3 nitrogen and oxygen atoms in total. The minimum Gasteiger partial charge on any atom is -0.380 e. The second kappa shape index (κ2) is 3.93. The molecule has 0 aliphatic heterocycles. The highest BCUT2D eigenvalue weighted by Crippen LogP contribution is 2.39. The van der Waals surface area contributed by atoms with Gasteiger partial charge in [0.05, 0.1) is 0 Å². The Morgan fingerprint density at radius 1 is 1.36 bits per heavy atom. The Labute approximate surface area is 92.2 Å². The van der Waals surface area contributed by atoms with Crippen LogP contribution in [-0.2, 0) is 0 Å². The second-order valence-corrected chi connectivity index (χ2v) is 5.00. The van der Waals surface area contributed by atoms with E-state index in [4.69, 9.17) is 10.3 Å². The van der Waals surface area contributed by atoms with Crippen molar-refractivity contribution >= 4 is 21.7 Å². The molecule has 14 heavy (non-hydrogen) atoms. The minimum absolute atomic E-state index is 0.471. The molecule has 1 aromatic heterocycles. The van der Waals surface area contributed by atoms with Crippen LogP contribution in [0, 0.1) is 5.92 Å². The zero-order valence-electron chi connectivity index (χ0n) is 8.29. The van der Waals surface area contributed by atoms with Crippen molar-refractivity contribution in [1.82, 2.24) is 5.16 Å². The van der Waals surface area contributed by atoms with Gasteiger partial charge in [0.1, 0.15) is 4.47 Å². The standard InChI is InChI=1S/C10H15BrN2O/c1-6-2-4-7(5-3-6)9-8(11)10(12)13-14-9/h6-7H,2-5H2,1H3,(H2,12,13). The molecule has 4 heteroatoms. The normalized spacial score (nSPS) is 27.9. The number of anilines is 1. The van der Waals surface area contributed by atoms with Crippen LogP contribution < -0.4 is 5.73 Å². The molecule has 1 fully saturated rings. The van der Waals surface area contributed by atoms with Gasteiger partial charge in [0, 0.05) is 5.92 Å². The van der Waals surface area contributed by atoms with Crippen LogP contribution in [0.1, 0.15) is 44.3 Å². The number of hydrogen-bond acceptors (Lipinski definition) is 3. The number of nitrogens with two attached hydrogens (primary N) is 1. The average molecular weight is 259 g/mol. The zero-order valence-corrected chi connectivity index (χ0v) is 9.88. The Morgan fingerprint density at radius 3 is 2.50 bits per heavy atom. The average Bonchev–Trinajstić information content (AvgIpc) is 2.50. The first-order valence-corrected chi connectivity index (χ1v) is 5.88. The Bertz CT molecular complexity index is 316. The lowest BCUT2D eigenvalue weighted by Crippen LogP contribution is -2.10. The summed E-state index contributed by atoms with van der Waals surface area (Å²) in [5.41, 5.74) is 5.62. The highest BCUT2D eigenvalue weighted by Gasteiger charge is 2.25. The third kappa shape index (κ3) is 1.80. The van der Waals surface area contributed by atoms with E-state index >= 15 is 0 Å². The molecule has 1 heterocycles. The molecular formula is C10H15BrN2O. The highest BCUT2D eigenvalue weighted by atomic mass is 79.9. The third-order valence-corrected chi connectivity index (χ3v) is 3.87. The molecule has 1 saturated carbocycles. The van der Waals surface area contributed by atoms with Gasteiger partial charge in [-0.3, -0.25) is 0 Å². The fourth-order valence-electron chi connectivity index (χ4n) is 2.08. The lowest BCUT2D eigenvalue weighted by atomic mass is 9.82. The van der Waals surface area contributed by atoms with Gasteiger partial charge in [-0.2, -0.15) is 0 Å². The molecule has 1 aromatic rings. The number of halogens is 1. The first-order valence-electron chi connectivity index (χ1n) is 5.09. The smallest absolute Gasteiger partial charge is 0.181 e. The van der Waals surface area contributed by atoms with Gasteiger partial charge in [0.25, 0.3) is 0 Å². The molecule has 0 radical (unpaired) electrons. The van der Waals surface area contributed by atoms with E-state index in [0.29, 0.717) is 11.7 Å². The molecule has 0 saturated heterocycles. The number of nitrogens with zero attached hydrogens (tertiary/aromatic N) is 1. The van der Waals surface area contributed by atoms with Crippen LogP contribution in [0.4, 0.5) is 5.82 Å². The van der Waals surface area contributed by atoms with E-state index in [1.807, 2.05) is 0 Å². The van der Waals surface area contributed by atoms with Crippen LogP contribution in [-0.4, -0.2) is 5.16 Å². The van der Waals surface area contributed by atoms with Crippen molar-refractivity contribution in [3.8, 4) is 0 Å². The summed E-state index contributed by atoms with van der Waals surface area (Å²) in [7, 11) is 0. The monoisotopic (exact) mass is 258 g/mol. The van der Waals surface area contributed by atoms with Gasteiger partial charge in [-0.25, -0.2) is 0 Å². The molecule has 2 rings (SSSR count). The summed E-state index contributed by atoms with van der Waals surface area (Å²) in [6.07, 6.45) is 4.93. The molecule has 78 valence electrons. The van der Waals surface area contributed by atoms with Crippen LogP contribution in [0.2, 0.25) is 0 Å². The van der Waals surface area contributed by atoms with Crippen molar-refractivity contribution in [2.24, 2.45) is 5.92 Å². The Kier molecular flexibility index (Phi) is 2.81. The van der Waals surface area contributed by atoms with Gasteiger partial charge in [0.15, 0.2) is 11.6 Å². The topological polar surface area (TPSA) is 52.0 Å². The molecule has 0 bridgehead atoms. The first kappa shape index (κ1) is 10.0. The molecule has 1 aliphatic carbocycles. The van der Waals surface area contributed by atoms with E-state index in [0.717, 1.165) is 16.2 Å². The predicted molar refractivity (Wildman–Crippen MR) is 59.0 cm³/mol. The van der Waals surface area contributed by atoms with E-state index in [1.54, 1.807) is 0 Å². The van der Waals surface area contributed by atoms with Gasteiger partial charge in [-0.15, -0.1) is 0 Å². The van der Waals surface area contributed by atoms with Crippen molar-refractivity contribution < 1.29 is 4.52 Å². The fourth-order valence-corrected chi connectivity index (χ4v) is 2.55. The maximum Gasteiger partial charge on any atom is 0.181 e. The van der Waals surface area contributed by atoms with E-state index in [1.165, 1.54) is 25.7 Å². The van der Waals surface area contributed by atoms with Gasteiger partial charge >= 0.3 is 0 Å². The molecule has 0 unspecified atom stereocenters. The summed E-state index contributed by atoms with van der Waals surface area (Å²) in [6.45, 7) is 2.31. The number of rotatable bonds is 1.